The summed E-state index contributed by atoms with van der Waals surface area (Å²) in [5, 5.41) is 9.09. The lowest BCUT2D eigenvalue weighted by atomic mass is 9.77. The highest BCUT2D eigenvalue weighted by atomic mass is 16.5. The van der Waals surface area contributed by atoms with Crippen molar-refractivity contribution in [2.24, 2.45) is 5.41 Å². The Morgan fingerprint density at radius 3 is 2.61 bits per heavy atom. The molecule has 1 atom stereocenters. The second-order valence-electron chi connectivity index (χ2n) is 7.91. The molecule has 0 amide bonds. The van der Waals surface area contributed by atoms with Crippen LogP contribution in [0.15, 0.2) is 54.6 Å². The van der Waals surface area contributed by atoms with Gasteiger partial charge in [-0.3, -0.25) is 9.69 Å². The van der Waals surface area contributed by atoms with Gasteiger partial charge < -0.3 is 19.3 Å². The molecule has 0 aromatic heterocycles. The molecule has 168 valence electrons. The van der Waals surface area contributed by atoms with Crippen LogP contribution in [0.3, 0.4) is 0 Å². The Hall–Kier alpha value is -2.57. The zero-order valence-electron chi connectivity index (χ0n) is 18.3. The molecule has 0 spiro atoms. The second kappa shape index (κ2) is 11.7. The monoisotopic (exact) mass is 427 g/mol. The fraction of sp³-hybridized carbons (Fsp3) is 0.480. The molecule has 2 aromatic carbocycles. The van der Waals surface area contributed by atoms with Gasteiger partial charge in [-0.15, -0.1) is 0 Å². The standard InChI is InChI=1S/C25H33NO5/c1-2-29-24(28)25(14-17-30-22-10-4-3-5-11-22)13-8-15-26(20-25)19-21-9-6-7-12-23(21)31-18-16-27/h3-7,9-12,27H,2,8,13-20H2,1H3. The number of hydrogen-bond acceptors (Lipinski definition) is 6. The van der Waals surface area contributed by atoms with Gasteiger partial charge in [-0.2, -0.15) is 0 Å². The topological polar surface area (TPSA) is 68.2 Å². The lowest BCUT2D eigenvalue weighted by molar-refractivity contribution is -0.160. The maximum atomic E-state index is 13.0. The summed E-state index contributed by atoms with van der Waals surface area (Å²) >= 11 is 0. The van der Waals surface area contributed by atoms with Crippen LogP contribution >= 0.6 is 0 Å². The van der Waals surface area contributed by atoms with E-state index in [2.05, 4.69) is 4.90 Å². The molecule has 1 N–H and O–H groups in total. The first-order chi connectivity index (χ1) is 15.2. The molecular formula is C25H33NO5. The highest BCUT2D eigenvalue weighted by Crippen LogP contribution is 2.36. The molecule has 0 aliphatic carbocycles. The van der Waals surface area contributed by atoms with E-state index in [0.29, 0.717) is 32.7 Å². The Morgan fingerprint density at radius 1 is 1.06 bits per heavy atom. The number of esters is 1. The van der Waals surface area contributed by atoms with Crippen molar-refractivity contribution in [3.8, 4) is 11.5 Å². The first-order valence-electron chi connectivity index (χ1n) is 11.1. The van der Waals surface area contributed by atoms with E-state index in [1.165, 1.54) is 0 Å². The molecule has 1 saturated heterocycles. The van der Waals surface area contributed by atoms with Crippen molar-refractivity contribution < 1.29 is 24.1 Å². The van der Waals surface area contributed by atoms with Crippen LogP contribution in [0.2, 0.25) is 0 Å². The van der Waals surface area contributed by atoms with E-state index in [4.69, 9.17) is 19.3 Å². The van der Waals surface area contributed by atoms with Crippen molar-refractivity contribution in [3.63, 3.8) is 0 Å². The number of aliphatic hydroxyl groups is 1. The maximum absolute atomic E-state index is 13.0. The van der Waals surface area contributed by atoms with Gasteiger partial charge in [-0.05, 0) is 50.9 Å². The highest BCUT2D eigenvalue weighted by Gasteiger charge is 2.43. The zero-order chi connectivity index (χ0) is 21.9. The molecular weight excluding hydrogens is 394 g/mol. The number of nitrogens with zero attached hydrogens (tertiary/aromatic N) is 1. The average molecular weight is 428 g/mol. The third kappa shape index (κ3) is 6.45. The Morgan fingerprint density at radius 2 is 1.84 bits per heavy atom. The summed E-state index contributed by atoms with van der Waals surface area (Å²) in [6.07, 6.45) is 2.33. The number of para-hydroxylation sites is 2. The largest absolute Gasteiger partial charge is 0.494 e. The van der Waals surface area contributed by atoms with Crippen LogP contribution in [0.5, 0.6) is 11.5 Å². The van der Waals surface area contributed by atoms with Crippen LogP contribution < -0.4 is 9.47 Å². The predicted octanol–water partition coefficient (Wildman–Crippen LogP) is 3.67. The third-order valence-corrected chi connectivity index (χ3v) is 5.67. The van der Waals surface area contributed by atoms with Crippen molar-refractivity contribution >= 4 is 5.97 Å². The van der Waals surface area contributed by atoms with E-state index in [1.54, 1.807) is 0 Å². The summed E-state index contributed by atoms with van der Waals surface area (Å²) < 4.78 is 17.1. The molecule has 1 unspecified atom stereocenters. The lowest BCUT2D eigenvalue weighted by Gasteiger charge is -2.41. The van der Waals surface area contributed by atoms with Crippen molar-refractivity contribution in [1.82, 2.24) is 4.90 Å². The molecule has 1 fully saturated rings. The Balaban J connectivity index is 1.69. The minimum Gasteiger partial charge on any atom is -0.494 e. The fourth-order valence-electron chi connectivity index (χ4n) is 4.17. The summed E-state index contributed by atoms with van der Waals surface area (Å²) in [5.41, 5.74) is 0.473. The van der Waals surface area contributed by atoms with E-state index in [0.717, 1.165) is 36.4 Å². The molecule has 6 heteroatoms. The van der Waals surface area contributed by atoms with E-state index < -0.39 is 5.41 Å². The fourth-order valence-corrected chi connectivity index (χ4v) is 4.17. The molecule has 0 bridgehead atoms. The van der Waals surface area contributed by atoms with Gasteiger partial charge in [0.1, 0.15) is 18.1 Å². The summed E-state index contributed by atoms with van der Waals surface area (Å²) in [6.45, 7) is 5.15. The van der Waals surface area contributed by atoms with Gasteiger partial charge in [-0.25, -0.2) is 0 Å². The predicted molar refractivity (Wildman–Crippen MR) is 119 cm³/mol. The molecule has 3 rings (SSSR count). The molecule has 1 aliphatic heterocycles. The van der Waals surface area contributed by atoms with Gasteiger partial charge in [0.25, 0.3) is 0 Å². The average Bonchev–Trinajstić information content (AvgIpc) is 2.79. The number of carbonyl (C=O) groups excluding carboxylic acids is 1. The Kier molecular flexibility index (Phi) is 8.74. The van der Waals surface area contributed by atoms with Crippen LogP contribution in [-0.2, 0) is 16.1 Å². The van der Waals surface area contributed by atoms with Crippen molar-refractivity contribution in [3.05, 3.63) is 60.2 Å². The normalized spacial score (nSPS) is 19.0. The van der Waals surface area contributed by atoms with Crippen molar-refractivity contribution in [2.45, 2.75) is 32.7 Å². The molecule has 0 saturated carbocycles. The minimum absolute atomic E-state index is 0.0224. The van der Waals surface area contributed by atoms with E-state index in [-0.39, 0.29) is 19.2 Å². The minimum atomic E-state index is -0.579. The maximum Gasteiger partial charge on any atom is 0.313 e. The SMILES string of the molecule is CCOC(=O)C1(CCOc2ccccc2)CCCN(Cc2ccccc2OCCO)C1. The third-order valence-electron chi connectivity index (χ3n) is 5.67. The molecule has 6 nitrogen and oxygen atoms in total. The van der Waals surface area contributed by atoms with E-state index in [1.807, 2.05) is 61.5 Å². The number of rotatable bonds is 11. The smallest absolute Gasteiger partial charge is 0.313 e. The summed E-state index contributed by atoms with van der Waals surface area (Å²) in [7, 11) is 0. The summed E-state index contributed by atoms with van der Waals surface area (Å²) in [4.78, 5) is 15.3. The molecule has 1 aliphatic rings. The van der Waals surface area contributed by atoms with Gasteiger partial charge in [0.05, 0.1) is 25.2 Å². The van der Waals surface area contributed by atoms with Crippen LogP contribution in [0.25, 0.3) is 0 Å². The van der Waals surface area contributed by atoms with E-state index in [9.17, 15) is 4.79 Å². The van der Waals surface area contributed by atoms with Gasteiger partial charge >= 0.3 is 5.97 Å². The highest BCUT2D eigenvalue weighted by molar-refractivity contribution is 5.77. The van der Waals surface area contributed by atoms with Gasteiger partial charge in [0.2, 0.25) is 0 Å². The number of aliphatic hydroxyl groups excluding tert-OH is 1. The summed E-state index contributed by atoms with van der Waals surface area (Å²) in [6, 6.07) is 17.5. The second-order valence-corrected chi connectivity index (χ2v) is 7.91. The van der Waals surface area contributed by atoms with Gasteiger partial charge in [-0.1, -0.05) is 36.4 Å². The Bertz CT molecular complexity index is 813. The van der Waals surface area contributed by atoms with Gasteiger partial charge in [0, 0.05) is 18.7 Å². The molecule has 0 radical (unpaired) electrons. The molecule has 2 aromatic rings. The van der Waals surface area contributed by atoms with Crippen LogP contribution in [0.4, 0.5) is 0 Å². The number of likely N-dealkylation sites (tertiary alicyclic amines) is 1. The number of piperidine rings is 1. The first kappa shape index (κ1) is 23.1. The molecule has 1 heterocycles. The molecule has 31 heavy (non-hydrogen) atoms. The van der Waals surface area contributed by atoms with Crippen LogP contribution in [0.1, 0.15) is 31.7 Å². The Labute approximate surface area is 184 Å². The zero-order valence-corrected chi connectivity index (χ0v) is 18.3. The number of carbonyl (C=O) groups is 1. The number of benzene rings is 2. The van der Waals surface area contributed by atoms with Crippen LogP contribution in [-0.4, -0.2) is 55.5 Å². The number of hydrogen-bond donors (Lipinski definition) is 1. The van der Waals surface area contributed by atoms with Crippen molar-refractivity contribution in [2.75, 3.05) is 39.5 Å². The number of ether oxygens (including phenoxy) is 3. The lowest BCUT2D eigenvalue weighted by Crippen LogP contribution is -2.49. The van der Waals surface area contributed by atoms with Crippen LogP contribution in [0, 0.1) is 5.41 Å². The van der Waals surface area contributed by atoms with Gasteiger partial charge in [0.15, 0.2) is 0 Å². The van der Waals surface area contributed by atoms with E-state index >= 15 is 0 Å². The first-order valence-corrected chi connectivity index (χ1v) is 11.1. The van der Waals surface area contributed by atoms with Crippen molar-refractivity contribution in [1.29, 1.82) is 0 Å². The quantitative estimate of drug-likeness (QED) is 0.552. The summed E-state index contributed by atoms with van der Waals surface area (Å²) in [5.74, 6) is 1.45.